The Morgan fingerprint density at radius 1 is 1.16 bits per heavy atom. The number of hydrogen-bond acceptors (Lipinski definition) is 4. The SMILES string of the molecule is Cc1nc(C)n(-c2cc(CO)nc3ccccc23)n1. The molecule has 3 aromatic rings. The van der Waals surface area contributed by atoms with Gasteiger partial charge in [-0.2, -0.15) is 5.10 Å². The average Bonchev–Trinajstić information content (AvgIpc) is 2.76. The van der Waals surface area contributed by atoms with Crippen molar-refractivity contribution < 1.29 is 5.11 Å². The molecule has 3 rings (SSSR count). The van der Waals surface area contributed by atoms with Crippen molar-refractivity contribution >= 4 is 10.9 Å². The summed E-state index contributed by atoms with van der Waals surface area (Å²) in [6, 6.07) is 9.67. The van der Waals surface area contributed by atoms with Crippen LogP contribution in [-0.2, 0) is 6.61 Å². The maximum Gasteiger partial charge on any atom is 0.148 e. The number of para-hydroxylation sites is 1. The van der Waals surface area contributed by atoms with Gasteiger partial charge in [-0.15, -0.1) is 0 Å². The van der Waals surface area contributed by atoms with Crippen molar-refractivity contribution in [2.24, 2.45) is 0 Å². The Balaban J connectivity index is 2.35. The summed E-state index contributed by atoms with van der Waals surface area (Å²) in [4.78, 5) is 8.72. The lowest BCUT2D eigenvalue weighted by atomic mass is 10.1. The Labute approximate surface area is 110 Å². The highest BCUT2D eigenvalue weighted by atomic mass is 16.3. The molecule has 0 spiro atoms. The van der Waals surface area contributed by atoms with Gasteiger partial charge in [0.15, 0.2) is 0 Å². The first-order valence-electron chi connectivity index (χ1n) is 6.09. The third kappa shape index (κ3) is 1.98. The van der Waals surface area contributed by atoms with Gasteiger partial charge in [-0.1, -0.05) is 18.2 Å². The van der Waals surface area contributed by atoms with E-state index >= 15 is 0 Å². The monoisotopic (exact) mass is 254 g/mol. The minimum absolute atomic E-state index is 0.0927. The van der Waals surface area contributed by atoms with Crippen molar-refractivity contribution in [1.29, 1.82) is 0 Å². The molecular weight excluding hydrogens is 240 g/mol. The second kappa shape index (κ2) is 4.44. The summed E-state index contributed by atoms with van der Waals surface area (Å²) in [5.41, 5.74) is 2.37. The van der Waals surface area contributed by atoms with E-state index in [1.165, 1.54) is 0 Å². The molecule has 19 heavy (non-hydrogen) atoms. The van der Waals surface area contributed by atoms with Crippen LogP contribution in [0.4, 0.5) is 0 Å². The Morgan fingerprint density at radius 2 is 1.95 bits per heavy atom. The van der Waals surface area contributed by atoms with Gasteiger partial charge in [0, 0.05) is 5.39 Å². The molecule has 5 nitrogen and oxygen atoms in total. The van der Waals surface area contributed by atoms with Crippen molar-refractivity contribution in [3.8, 4) is 5.69 Å². The van der Waals surface area contributed by atoms with Gasteiger partial charge in [0.2, 0.25) is 0 Å². The number of rotatable bonds is 2. The number of aryl methyl sites for hydroxylation is 2. The highest BCUT2D eigenvalue weighted by molar-refractivity contribution is 5.87. The molecule has 2 aromatic heterocycles. The second-order valence-electron chi connectivity index (χ2n) is 4.43. The standard InChI is InChI=1S/C14H14N4O/c1-9-15-10(2)18(17-9)14-7-11(8-19)16-13-6-4-3-5-12(13)14/h3-7,19H,8H2,1-2H3. The zero-order chi connectivity index (χ0) is 13.4. The van der Waals surface area contributed by atoms with Crippen LogP contribution in [0.5, 0.6) is 0 Å². The normalized spacial score (nSPS) is 11.1. The van der Waals surface area contributed by atoms with Crippen LogP contribution in [0.2, 0.25) is 0 Å². The largest absolute Gasteiger partial charge is 0.390 e. The Kier molecular flexibility index (Phi) is 2.76. The van der Waals surface area contributed by atoms with Crippen LogP contribution in [0, 0.1) is 13.8 Å². The Morgan fingerprint density at radius 3 is 2.63 bits per heavy atom. The molecular formula is C14H14N4O. The van der Waals surface area contributed by atoms with E-state index in [0.29, 0.717) is 5.69 Å². The summed E-state index contributed by atoms with van der Waals surface area (Å²) in [6.45, 7) is 3.68. The molecule has 0 aliphatic carbocycles. The molecule has 0 amide bonds. The van der Waals surface area contributed by atoms with Gasteiger partial charge in [0.1, 0.15) is 11.6 Å². The maximum absolute atomic E-state index is 9.34. The van der Waals surface area contributed by atoms with Crippen LogP contribution >= 0.6 is 0 Å². The lowest BCUT2D eigenvalue weighted by molar-refractivity contribution is 0.277. The van der Waals surface area contributed by atoms with E-state index in [-0.39, 0.29) is 6.61 Å². The third-order valence-electron chi connectivity index (χ3n) is 3.01. The van der Waals surface area contributed by atoms with Gasteiger partial charge in [-0.3, -0.25) is 4.98 Å². The predicted molar refractivity (Wildman–Crippen MR) is 72.1 cm³/mol. The van der Waals surface area contributed by atoms with Crippen molar-refractivity contribution in [1.82, 2.24) is 19.7 Å². The molecule has 0 aliphatic heterocycles. The number of nitrogens with zero attached hydrogens (tertiary/aromatic N) is 4. The van der Waals surface area contributed by atoms with Crippen LogP contribution in [0.3, 0.4) is 0 Å². The number of aliphatic hydroxyl groups is 1. The van der Waals surface area contributed by atoms with E-state index in [1.54, 1.807) is 4.68 Å². The molecule has 0 fully saturated rings. The fourth-order valence-electron chi connectivity index (χ4n) is 2.22. The molecule has 0 atom stereocenters. The summed E-state index contributed by atoms with van der Waals surface area (Å²) in [7, 11) is 0. The van der Waals surface area contributed by atoms with Crippen molar-refractivity contribution in [2.75, 3.05) is 0 Å². The van der Waals surface area contributed by atoms with Gasteiger partial charge >= 0.3 is 0 Å². The predicted octanol–water partition coefficient (Wildman–Crippen LogP) is 1.92. The smallest absolute Gasteiger partial charge is 0.148 e. The summed E-state index contributed by atoms with van der Waals surface area (Å²) >= 11 is 0. The topological polar surface area (TPSA) is 63.8 Å². The van der Waals surface area contributed by atoms with Gasteiger partial charge in [-0.05, 0) is 26.0 Å². The van der Waals surface area contributed by atoms with Crippen LogP contribution in [-0.4, -0.2) is 24.9 Å². The van der Waals surface area contributed by atoms with Crippen LogP contribution in [0.15, 0.2) is 30.3 Å². The lowest BCUT2D eigenvalue weighted by Crippen LogP contribution is -2.03. The van der Waals surface area contributed by atoms with Gasteiger partial charge in [-0.25, -0.2) is 9.67 Å². The van der Waals surface area contributed by atoms with Gasteiger partial charge in [0.25, 0.3) is 0 Å². The number of hydrogen-bond donors (Lipinski definition) is 1. The Bertz CT molecular complexity index is 748. The number of fused-ring (bicyclic) bond motifs is 1. The fraction of sp³-hybridized carbons (Fsp3) is 0.214. The molecule has 0 unspecified atom stereocenters. The highest BCUT2D eigenvalue weighted by Crippen LogP contribution is 2.22. The highest BCUT2D eigenvalue weighted by Gasteiger charge is 2.11. The third-order valence-corrected chi connectivity index (χ3v) is 3.01. The van der Waals surface area contributed by atoms with Crippen LogP contribution in [0.1, 0.15) is 17.3 Å². The van der Waals surface area contributed by atoms with Crippen LogP contribution < -0.4 is 0 Å². The minimum Gasteiger partial charge on any atom is -0.390 e. The van der Waals surface area contributed by atoms with Crippen molar-refractivity contribution in [3.63, 3.8) is 0 Å². The van der Waals surface area contributed by atoms with Crippen molar-refractivity contribution in [2.45, 2.75) is 20.5 Å². The summed E-state index contributed by atoms with van der Waals surface area (Å²) in [6.07, 6.45) is 0. The van der Waals surface area contributed by atoms with Gasteiger partial charge in [0.05, 0.1) is 23.5 Å². The second-order valence-corrected chi connectivity index (χ2v) is 4.43. The fourth-order valence-corrected chi connectivity index (χ4v) is 2.22. The molecule has 1 aromatic carbocycles. The lowest BCUT2D eigenvalue weighted by Gasteiger charge is -2.09. The van der Waals surface area contributed by atoms with E-state index in [9.17, 15) is 5.11 Å². The van der Waals surface area contributed by atoms with E-state index in [2.05, 4.69) is 15.1 Å². The molecule has 0 radical (unpaired) electrons. The quantitative estimate of drug-likeness (QED) is 0.759. The maximum atomic E-state index is 9.34. The first kappa shape index (κ1) is 11.8. The molecule has 2 heterocycles. The first-order valence-corrected chi connectivity index (χ1v) is 6.09. The number of benzene rings is 1. The molecule has 1 N–H and O–H groups in total. The molecule has 0 saturated heterocycles. The zero-order valence-corrected chi connectivity index (χ0v) is 10.8. The summed E-state index contributed by atoms with van der Waals surface area (Å²) in [5.74, 6) is 1.54. The van der Waals surface area contributed by atoms with E-state index in [0.717, 1.165) is 28.2 Å². The van der Waals surface area contributed by atoms with Gasteiger partial charge < -0.3 is 5.11 Å². The number of pyridine rings is 1. The molecule has 0 aliphatic rings. The number of aliphatic hydroxyl groups excluding tert-OH is 1. The summed E-state index contributed by atoms with van der Waals surface area (Å²) < 4.78 is 1.79. The van der Waals surface area contributed by atoms with E-state index in [4.69, 9.17) is 0 Å². The molecule has 0 saturated carbocycles. The first-order chi connectivity index (χ1) is 9.19. The van der Waals surface area contributed by atoms with Crippen LogP contribution in [0.25, 0.3) is 16.6 Å². The zero-order valence-electron chi connectivity index (χ0n) is 10.8. The average molecular weight is 254 g/mol. The van der Waals surface area contributed by atoms with E-state index < -0.39 is 0 Å². The minimum atomic E-state index is -0.0927. The Hall–Kier alpha value is -2.27. The molecule has 5 heteroatoms. The molecule has 96 valence electrons. The van der Waals surface area contributed by atoms with Crippen molar-refractivity contribution in [3.05, 3.63) is 47.7 Å². The summed E-state index contributed by atoms with van der Waals surface area (Å²) in [5, 5.41) is 14.7. The van der Waals surface area contributed by atoms with E-state index in [1.807, 2.05) is 44.2 Å². The molecule has 0 bridgehead atoms. The number of aromatic nitrogens is 4.